The van der Waals surface area contributed by atoms with Crippen molar-refractivity contribution in [3.05, 3.63) is 0 Å². The summed E-state index contributed by atoms with van der Waals surface area (Å²) in [4.78, 5) is 0. The molecule has 1 heterocycles. The van der Waals surface area contributed by atoms with E-state index in [2.05, 4.69) is 10.6 Å². The lowest BCUT2D eigenvalue weighted by Crippen LogP contribution is -2.43. The van der Waals surface area contributed by atoms with Gasteiger partial charge in [-0.1, -0.05) is 6.42 Å². The van der Waals surface area contributed by atoms with Gasteiger partial charge in [0.2, 0.25) is 0 Å². The number of rotatable bonds is 6. The highest BCUT2D eigenvalue weighted by molar-refractivity contribution is 4.74. The fourth-order valence-corrected chi connectivity index (χ4v) is 1.77. The van der Waals surface area contributed by atoms with E-state index in [-0.39, 0.29) is 6.10 Å². The summed E-state index contributed by atoms with van der Waals surface area (Å²) < 4.78 is 4.84. The van der Waals surface area contributed by atoms with Gasteiger partial charge in [-0.3, -0.25) is 0 Å². The molecular formula is C10H22N2O2. The van der Waals surface area contributed by atoms with E-state index in [4.69, 9.17) is 4.74 Å². The van der Waals surface area contributed by atoms with E-state index in [0.717, 1.165) is 13.1 Å². The van der Waals surface area contributed by atoms with E-state index < -0.39 is 0 Å². The second-order valence-corrected chi connectivity index (χ2v) is 3.91. The van der Waals surface area contributed by atoms with Crippen LogP contribution in [0.4, 0.5) is 0 Å². The summed E-state index contributed by atoms with van der Waals surface area (Å²) in [6.07, 6.45) is 3.47. The van der Waals surface area contributed by atoms with Crippen molar-refractivity contribution >= 4 is 0 Å². The zero-order chi connectivity index (χ0) is 10.2. The SMILES string of the molecule is COCC(O)CNCC1CCCCN1. The van der Waals surface area contributed by atoms with Gasteiger partial charge in [0.05, 0.1) is 12.7 Å². The average molecular weight is 202 g/mol. The average Bonchev–Trinajstić information content (AvgIpc) is 2.20. The molecule has 0 saturated carbocycles. The molecule has 1 aliphatic rings. The Hall–Kier alpha value is -0.160. The van der Waals surface area contributed by atoms with Gasteiger partial charge in [0, 0.05) is 26.2 Å². The maximum atomic E-state index is 9.37. The summed E-state index contributed by atoms with van der Waals surface area (Å²) >= 11 is 0. The zero-order valence-corrected chi connectivity index (χ0v) is 8.96. The van der Waals surface area contributed by atoms with Crippen molar-refractivity contribution in [3.8, 4) is 0 Å². The second-order valence-electron chi connectivity index (χ2n) is 3.91. The molecule has 1 aliphatic heterocycles. The third-order valence-electron chi connectivity index (χ3n) is 2.54. The Morgan fingerprint density at radius 3 is 3.07 bits per heavy atom. The lowest BCUT2D eigenvalue weighted by atomic mass is 10.1. The van der Waals surface area contributed by atoms with Crippen LogP contribution >= 0.6 is 0 Å². The number of aliphatic hydroxyl groups excluding tert-OH is 1. The number of nitrogens with one attached hydrogen (secondary N) is 2. The Labute approximate surface area is 86.0 Å². The van der Waals surface area contributed by atoms with Crippen molar-refractivity contribution in [3.63, 3.8) is 0 Å². The normalized spacial score (nSPS) is 24.9. The molecule has 0 spiro atoms. The predicted octanol–water partition coefficient (Wildman–Crippen LogP) is -0.275. The van der Waals surface area contributed by atoms with Crippen LogP contribution in [-0.2, 0) is 4.74 Å². The Balaban J connectivity index is 1.96. The molecule has 0 aliphatic carbocycles. The summed E-state index contributed by atoms with van der Waals surface area (Å²) in [5.41, 5.74) is 0. The highest BCUT2D eigenvalue weighted by atomic mass is 16.5. The molecule has 84 valence electrons. The second kappa shape index (κ2) is 7.17. The number of hydrogen-bond acceptors (Lipinski definition) is 4. The number of methoxy groups -OCH3 is 1. The van der Waals surface area contributed by atoms with Crippen LogP contribution in [0.2, 0.25) is 0 Å². The van der Waals surface area contributed by atoms with E-state index in [1.807, 2.05) is 0 Å². The topological polar surface area (TPSA) is 53.5 Å². The lowest BCUT2D eigenvalue weighted by molar-refractivity contribution is 0.0641. The zero-order valence-electron chi connectivity index (χ0n) is 8.96. The molecule has 1 saturated heterocycles. The van der Waals surface area contributed by atoms with Crippen molar-refractivity contribution < 1.29 is 9.84 Å². The molecule has 0 aromatic carbocycles. The third kappa shape index (κ3) is 4.91. The Morgan fingerprint density at radius 1 is 1.57 bits per heavy atom. The fraction of sp³-hybridized carbons (Fsp3) is 1.00. The minimum absolute atomic E-state index is 0.386. The molecule has 2 unspecified atom stereocenters. The molecule has 0 bridgehead atoms. The van der Waals surface area contributed by atoms with Crippen LogP contribution in [0.3, 0.4) is 0 Å². The van der Waals surface area contributed by atoms with Crippen LogP contribution in [0.1, 0.15) is 19.3 Å². The highest BCUT2D eigenvalue weighted by Gasteiger charge is 2.12. The van der Waals surface area contributed by atoms with Crippen LogP contribution in [0.5, 0.6) is 0 Å². The maximum Gasteiger partial charge on any atom is 0.0897 e. The predicted molar refractivity (Wildman–Crippen MR) is 56.4 cm³/mol. The Bertz CT molecular complexity index is 138. The lowest BCUT2D eigenvalue weighted by Gasteiger charge is -2.24. The molecule has 2 atom stereocenters. The van der Waals surface area contributed by atoms with Crippen LogP contribution in [0.15, 0.2) is 0 Å². The summed E-state index contributed by atoms with van der Waals surface area (Å²) in [5.74, 6) is 0. The smallest absolute Gasteiger partial charge is 0.0897 e. The number of piperidine rings is 1. The minimum Gasteiger partial charge on any atom is -0.389 e. The van der Waals surface area contributed by atoms with E-state index in [9.17, 15) is 5.11 Å². The molecule has 0 radical (unpaired) electrons. The van der Waals surface area contributed by atoms with Crippen molar-refractivity contribution in [2.24, 2.45) is 0 Å². The quantitative estimate of drug-likeness (QED) is 0.555. The minimum atomic E-state index is -0.386. The molecule has 0 aromatic heterocycles. The van der Waals surface area contributed by atoms with E-state index in [1.54, 1.807) is 7.11 Å². The molecule has 4 heteroatoms. The van der Waals surface area contributed by atoms with E-state index in [1.165, 1.54) is 19.3 Å². The summed E-state index contributed by atoms with van der Waals surface area (Å²) in [7, 11) is 1.60. The van der Waals surface area contributed by atoms with Crippen molar-refractivity contribution in [2.45, 2.75) is 31.4 Å². The standard InChI is InChI=1S/C10H22N2O2/c1-14-8-10(13)7-11-6-9-4-2-3-5-12-9/h9-13H,2-8H2,1H3. The summed E-state index contributed by atoms with van der Waals surface area (Å²) in [6, 6.07) is 0.582. The monoisotopic (exact) mass is 202 g/mol. The van der Waals surface area contributed by atoms with Gasteiger partial charge in [0.1, 0.15) is 0 Å². The van der Waals surface area contributed by atoms with Gasteiger partial charge < -0.3 is 20.5 Å². The first-order valence-electron chi connectivity index (χ1n) is 5.44. The summed E-state index contributed by atoms with van der Waals surface area (Å²) in [6.45, 7) is 3.10. The first-order chi connectivity index (χ1) is 6.83. The molecule has 14 heavy (non-hydrogen) atoms. The first-order valence-corrected chi connectivity index (χ1v) is 5.44. The molecule has 0 aromatic rings. The highest BCUT2D eigenvalue weighted by Crippen LogP contribution is 2.05. The molecule has 3 N–H and O–H groups in total. The van der Waals surface area contributed by atoms with Gasteiger partial charge in [-0.2, -0.15) is 0 Å². The molecule has 1 rings (SSSR count). The molecular weight excluding hydrogens is 180 g/mol. The Kier molecular flexibility index (Phi) is 6.10. The van der Waals surface area contributed by atoms with Gasteiger partial charge in [0.25, 0.3) is 0 Å². The largest absolute Gasteiger partial charge is 0.389 e. The van der Waals surface area contributed by atoms with Gasteiger partial charge in [0.15, 0.2) is 0 Å². The van der Waals surface area contributed by atoms with E-state index >= 15 is 0 Å². The number of aliphatic hydroxyl groups is 1. The Morgan fingerprint density at radius 2 is 2.43 bits per heavy atom. The van der Waals surface area contributed by atoms with Gasteiger partial charge >= 0.3 is 0 Å². The number of ether oxygens (including phenoxy) is 1. The van der Waals surface area contributed by atoms with Crippen molar-refractivity contribution in [1.29, 1.82) is 0 Å². The van der Waals surface area contributed by atoms with Gasteiger partial charge in [-0.25, -0.2) is 0 Å². The van der Waals surface area contributed by atoms with Gasteiger partial charge in [-0.15, -0.1) is 0 Å². The van der Waals surface area contributed by atoms with Crippen molar-refractivity contribution in [2.75, 3.05) is 33.4 Å². The van der Waals surface area contributed by atoms with Crippen LogP contribution in [-0.4, -0.2) is 50.6 Å². The number of hydrogen-bond donors (Lipinski definition) is 3. The van der Waals surface area contributed by atoms with Gasteiger partial charge in [-0.05, 0) is 19.4 Å². The third-order valence-corrected chi connectivity index (χ3v) is 2.54. The van der Waals surface area contributed by atoms with Crippen LogP contribution in [0, 0.1) is 0 Å². The molecule has 1 fully saturated rings. The molecule has 4 nitrogen and oxygen atoms in total. The molecule has 0 amide bonds. The summed E-state index contributed by atoms with van der Waals surface area (Å²) in [5, 5.41) is 16.1. The van der Waals surface area contributed by atoms with Crippen LogP contribution < -0.4 is 10.6 Å². The van der Waals surface area contributed by atoms with E-state index in [0.29, 0.717) is 19.2 Å². The van der Waals surface area contributed by atoms with Crippen molar-refractivity contribution in [1.82, 2.24) is 10.6 Å². The maximum absolute atomic E-state index is 9.37. The van der Waals surface area contributed by atoms with Crippen LogP contribution in [0.25, 0.3) is 0 Å². The fourth-order valence-electron chi connectivity index (χ4n) is 1.77. The first kappa shape index (κ1) is 11.9.